The number of fused-ring (bicyclic) bond motifs is 1. The quantitative estimate of drug-likeness (QED) is 0.804. The summed E-state index contributed by atoms with van der Waals surface area (Å²) in [7, 11) is 0. The molecule has 0 bridgehead atoms. The number of aliphatic hydroxyl groups excluding tert-OH is 1. The van der Waals surface area contributed by atoms with Crippen LogP contribution < -0.4 is 4.74 Å². The zero-order valence-electron chi connectivity index (χ0n) is 11.2. The van der Waals surface area contributed by atoms with Crippen LogP contribution >= 0.6 is 11.6 Å². The highest BCUT2D eigenvalue weighted by Crippen LogP contribution is 2.31. The van der Waals surface area contributed by atoms with Crippen molar-refractivity contribution >= 4 is 22.5 Å². The molecule has 2 heterocycles. The largest absolute Gasteiger partial charge is 0.422 e. The predicted octanol–water partition coefficient (Wildman–Crippen LogP) is 3.27. The van der Waals surface area contributed by atoms with Gasteiger partial charge in [0.25, 0.3) is 0 Å². The summed E-state index contributed by atoms with van der Waals surface area (Å²) >= 11 is 6.14. The first-order valence-corrected chi connectivity index (χ1v) is 6.71. The number of ether oxygens (including phenoxy) is 1. The Morgan fingerprint density at radius 2 is 2.10 bits per heavy atom. The van der Waals surface area contributed by atoms with E-state index >= 15 is 0 Å². The molecule has 0 fully saturated rings. The maximum atomic E-state index is 9.13. The zero-order chi connectivity index (χ0) is 14.8. The Bertz CT molecular complexity index is 808. The molecule has 0 atom stereocenters. The molecule has 0 aliphatic heterocycles. The van der Waals surface area contributed by atoms with E-state index in [1.54, 1.807) is 31.5 Å². The van der Waals surface area contributed by atoms with Gasteiger partial charge in [-0.2, -0.15) is 4.98 Å². The number of hydrogen-bond acceptors (Lipinski definition) is 5. The first-order valence-electron chi connectivity index (χ1n) is 6.33. The molecular weight excluding hydrogens is 290 g/mol. The Morgan fingerprint density at radius 3 is 2.86 bits per heavy atom. The van der Waals surface area contributed by atoms with Crippen molar-refractivity contribution in [2.45, 2.75) is 13.5 Å². The van der Waals surface area contributed by atoms with Crippen molar-refractivity contribution < 1.29 is 9.84 Å². The number of halogens is 1. The molecule has 106 valence electrons. The van der Waals surface area contributed by atoms with Crippen LogP contribution in [0.3, 0.4) is 0 Å². The molecule has 0 saturated heterocycles. The lowest BCUT2D eigenvalue weighted by atomic mass is 10.2. The number of rotatable bonds is 3. The second kappa shape index (κ2) is 5.63. The van der Waals surface area contributed by atoms with Gasteiger partial charge >= 0.3 is 6.01 Å². The van der Waals surface area contributed by atoms with Gasteiger partial charge in [0.05, 0.1) is 17.3 Å². The average Bonchev–Trinajstić information content (AvgIpc) is 2.51. The van der Waals surface area contributed by atoms with Gasteiger partial charge in [0.15, 0.2) is 5.75 Å². The van der Waals surface area contributed by atoms with Gasteiger partial charge in [0.2, 0.25) is 0 Å². The molecule has 3 rings (SSSR count). The van der Waals surface area contributed by atoms with E-state index < -0.39 is 0 Å². The first-order chi connectivity index (χ1) is 10.2. The van der Waals surface area contributed by atoms with E-state index in [0.29, 0.717) is 27.5 Å². The molecule has 6 heteroatoms. The fourth-order valence-corrected chi connectivity index (χ4v) is 2.18. The second-order valence-corrected chi connectivity index (χ2v) is 4.88. The van der Waals surface area contributed by atoms with E-state index in [1.165, 1.54) is 0 Å². The summed E-state index contributed by atoms with van der Waals surface area (Å²) in [6.45, 7) is 1.69. The van der Waals surface area contributed by atoms with E-state index in [-0.39, 0.29) is 12.6 Å². The maximum Gasteiger partial charge on any atom is 0.322 e. The van der Waals surface area contributed by atoms with Crippen LogP contribution in [0.1, 0.15) is 11.3 Å². The van der Waals surface area contributed by atoms with E-state index in [1.807, 2.05) is 12.1 Å². The second-order valence-electron chi connectivity index (χ2n) is 4.47. The molecule has 5 nitrogen and oxygen atoms in total. The average molecular weight is 302 g/mol. The molecule has 0 amide bonds. The van der Waals surface area contributed by atoms with Gasteiger partial charge in [-0.15, -0.1) is 0 Å². The van der Waals surface area contributed by atoms with E-state index in [2.05, 4.69) is 15.0 Å². The van der Waals surface area contributed by atoms with Crippen LogP contribution in [0.4, 0.5) is 0 Å². The number of aromatic nitrogens is 3. The minimum absolute atomic E-state index is 0.0997. The summed E-state index contributed by atoms with van der Waals surface area (Å²) in [5, 5.41) is 10.5. The normalized spacial score (nSPS) is 10.8. The van der Waals surface area contributed by atoms with Crippen LogP contribution in [0.2, 0.25) is 5.02 Å². The molecule has 0 spiro atoms. The Hall–Kier alpha value is -2.24. The van der Waals surface area contributed by atoms with Crippen LogP contribution in [0.15, 0.2) is 36.7 Å². The van der Waals surface area contributed by atoms with Gasteiger partial charge in [-0.1, -0.05) is 11.6 Å². The number of aliphatic hydroxyl groups is 1. The van der Waals surface area contributed by atoms with Crippen LogP contribution in [0.25, 0.3) is 10.9 Å². The van der Waals surface area contributed by atoms with Crippen molar-refractivity contribution in [2.24, 2.45) is 0 Å². The highest BCUT2D eigenvalue weighted by Gasteiger charge is 2.10. The maximum absolute atomic E-state index is 9.13. The summed E-state index contributed by atoms with van der Waals surface area (Å²) in [5.41, 5.74) is 1.99. The third-order valence-corrected chi connectivity index (χ3v) is 3.44. The van der Waals surface area contributed by atoms with Crippen molar-refractivity contribution in [2.75, 3.05) is 0 Å². The summed E-state index contributed by atoms with van der Waals surface area (Å²) in [4.78, 5) is 12.6. The van der Waals surface area contributed by atoms with E-state index in [9.17, 15) is 0 Å². The lowest BCUT2D eigenvalue weighted by Crippen LogP contribution is -1.99. The number of hydrogen-bond donors (Lipinski definition) is 1. The summed E-state index contributed by atoms with van der Waals surface area (Å²) in [6, 6.07) is 7.37. The van der Waals surface area contributed by atoms with Crippen LogP contribution in [0, 0.1) is 6.92 Å². The van der Waals surface area contributed by atoms with Crippen molar-refractivity contribution in [3.8, 4) is 11.8 Å². The molecule has 21 heavy (non-hydrogen) atoms. The fourth-order valence-electron chi connectivity index (χ4n) is 1.97. The van der Waals surface area contributed by atoms with Gasteiger partial charge in [0, 0.05) is 23.3 Å². The van der Waals surface area contributed by atoms with Crippen molar-refractivity contribution in [3.63, 3.8) is 0 Å². The monoisotopic (exact) mass is 301 g/mol. The summed E-state index contributed by atoms with van der Waals surface area (Å²) in [6.07, 6.45) is 3.22. The summed E-state index contributed by atoms with van der Waals surface area (Å²) in [5.74, 6) is 0.533. The molecule has 3 aromatic rings. The highest BCUT2D eigenvalue weighted by atomic mass is 35.5. The highest BCUT2D eigenvalue weighted by molar-refractivity contribution is 6.35. The SMILES string of the molecule is Cc1nc(Oc2ccc(Cl)c3cccnc23)ncc1CO. The Kier molecular flexibility index (Phi) is 3.68. The number of nitrogens with zero attached hydrogens (tertiary/aromatic N) is 3. The Balaban J connectivity index is 2.02. The smallest absolute Gasteiger partial charge is 0.322 e. The zero-order valence-corrected chi connectivity index (χ0v) is 12.0. The third kappa shape index (κ3) is 2.66. The molecule has 0 radical (unpaired) electrons. The Labute approximate surface area is 126 Å². The minimum Gasteiger partial charge on any atom is -0.422 e. The lowest BCUT2D eigenvalue weighted by Gasteiger charge is -2.09. The number of benzene rings is 1. The number of aryl methyl sites for hydroxylation is 1. The molecule has 2 aromatic heterocycles. The van der Waals surface area contributed by atoms with Crippen LogP contribution in [-0.4, -0.2) is 20.1 Å². The summed E-state index contributed by atoms with van der Waals surface area (Å²) < 4.78 is 5.70. The molecular formula is C15H12ClN3O2. The third-order valence-electron chi connectivity index (χ3n) is 3.11. The lowest BCUT2D eigenvalue weighted by molar-refractivity contribution is 0.279. The molecule has 0 aliphatic rings. The van der Waals surface area contributed by atoms with Gasteiger partial charge in [-0.25, -0.2) is 4.98 Å². The van der Waals surface area contributed by atoms with Crippen LogP contribution in [0.5, 0.6) is 11.8 Å². The molecule has 0 unspecified atom stereocenters. The van der Waals surface area contributed by atoms with Gasteiger partial charge < -0.3 is 9.84 Å². The first kappa shape index (κ1) is 13.7. The number of pyridine rings is 1. The van der Waals surface area contributed by atoms with Crippen LogP contribution in [-0.2, 0) is 6.61 Å². The molecule has 1 aromatic carbocycles. The van der Waals surface area contributed by atoms with Gasteiger partial charge in [0.1, 0.15) is 5.52 Å². The topological polar surface area (TPSA) is 68.1 Å². The molecule has 1 N–H and O–H groups in total. The van der Waals surface area contributed by atoms with E-state index in [4.69, 9.17) is 21.4 Å². The standard InChI is InChI=1S/C15H12ClN3O2/c1-9-10(8-20)7-18-15(19-9)21-13-5-4-12(16)11-3-2-6-17-14(11)13/h2-7,20H,8H2,1H3. The van der Waals surface area contributed by atoms with Gasteiger partial charge in [-0.05, 0) is 31.2 Å². The predicted molar refractivity (Wildman–Crippen MR) is 79.5 cm³/mol. The minimum atomic E-state index is -0.0997. The molecule has 0 saturated carbocycles. The van der Waals surface area contributed by atoms with Crippen molar-refractivity contribution in [1.82, 2.24) is 15.0 Å². The van der Waals surface area contributed by atoms with E-state index in [0.717, 1.165) is 5.39 Å². The fraction of sp³-hybridized carbons (Fsp3) is 0.133. The van der Waals surface area contributed by atoms with Crippen molar-refractivity contribution in [1.29, 1.82) is 0 Å². The Morgan fingerprint density at radius 1 is 1.24 bits per heavy atom. The van der Waals surface area contributed by atoms with Gasteiger partial charge in [-0.3, -0.25) is 4.98 Å². The molecule has 0 aliphatic carbocycles. The van der Waals surface area contributed by atoms with Crippen molar-refractivity contribution in [3.05, 3.63) is 52.9 Å².